The average Bonchev–Trinajstić information content (AvgIpc) is 2.93. The Bertz CT molecular complexity index is 1880. The summed E-state index contributed by atoms with van der Waals surface area (Å²) in [4.78, 5) is 45.2. The van der Waals surface area contributed by atoms with Crippen molar-refractivity contribution >= 4 is 67.0 Å². The second-order valence-electron chi connectivity index (χ2n) is 9.04. The summed E-state index contributed by atoms with van der Waals surface area (Å²) >= 11 is 0. The maximum absolute atomic E-state index is 11.4. The lowest BCUT2D eigenvalue weighted by molar-refractivity contribution is 0.0653. The molecule has 0 atom stereocenters. The molecule has 0 aliphatic heterocycles. The predicted octanol–water partition coefficient (Wildman–Crippen LogP) is 6.78. The molecule has 196 valence electrons. The number of carboxylic acid groups (broad SMARTS) is 4. The highest BCUT2D eigenvalue weighted by Gasteiger charge is 2.20. The number of benzene rings is 6. The average molecular weight is 533 g/mol. The van der Waals surface area contributed by atoms with Gasteiger partial charge in [0.25, 0.3) is 0 Å². The molecular weight excluding hydrogens is 512 g/mol. The quantitative estimate of drug-likeness (QED) is 0.182. The molecule has 6 aromatic rings. The number of fused-ring (bicyclic) bond motifs is 4. The number of carboxylic acids is 4. The summed E-state index contributed by atoms with van der Waals surface area (Å²) in [5, 5.41) is 42.9. The Morgan fingerprint density at radius 1 is 0.375 bits per heavy atom. The zero-order chi connectivity index (χ0) is 28.6. The van der Waals surface area contributed by atoms with Crippen LogP contribution < -0.4 is 0 Å². The molecule has 0 unspecified atom stereocenters. The van der Waals surface area contributed by atoms with E-state index in [1.165, 1.54) is 12.1 Å². The van der Waals surface area contributed by atoms with Crippen LogP contribution in [0.25, 0.3) is 43.1 Å². The molecule has 8 heteroatoms. The Morgan fingerprint density at radius 2 is 0.700 bits per heavy atom. The third-order valence-corrected chi connectivity index (χ3v) is 6.66. The standard InChI is InChI=1S/2C16H10O4/c2*17-15(18)12-6-5-11-7-9-3-1-2-4-10(9)8-13(11)14(12)16(19)20/h2*1-8H,(H,17,18)(H,19,20). The molecule has 0 amide bonds. The van der Waals surface area contributed by atoms with Gasteiger partial charge in [0.05, 0.1) is 22.3 Å². The van der Waals surface area contributed by atoms with Gasteiger partial charge in [-0.05, 0) is 79.5 Å². The van der Waals surface area contributed by atoms with Crippen LogP contribution in [0.15, 0.2) is 97.1 Å². The van der Waals surface area contributed by atoms with Crippen molar-refractivity contribution in [3.63, 3.8) is 0 Å². The molecule has 4 N–H and O–H groups in total. The minimum Gasteiger partial charge on any atom is -0.478 e. The van der Waals surface area contributed by atoms with Crippen molar-refractivity contribution in [1.29, 1.82) is 0 Å². The van der Waals surface area contributed by atoms with Crippen LogP contribution in [-0.4, -0.2) is 44.3 Å². The van der Waals surface area contributed by atoms with E-state index in [2.05, 4.69) is 0 Å². The van der Waals surface area contributed by atoms with Crippen LogP contribution in [0.5, 0.6) is 0 Å². The van der Waals surface area contributed by atoms with Crippen LogP contribution in [0.1, 0.15) is 41.4 Å². The summed E-state index contributed by atoms with van der Waals surface area (Å²) in [5.41, 5.74) is -0.720. The zero-order valence-electron chi connectivity index (χ0n) is 20.7. The fraction of sp³-hybridized carbons (Fsp3) is 0. The Balaban J connectivity index is 0.000000161. The van der Waals surface area contributed by atoms with Gasteiger partial charge >= 0.3 is 23.9 Å². The van der Waals surface area contributed by atoms with Gasteiger partial charge in [-0.25, -0.2) is 19.2 Å². The summed E-state index contributed by atoms with van der Waals surface area (Å²) in [6.07, 6.45) is 0. The van der Waals surface area contributed by atoms with E-state index in [9.17, 15) is 29.4 Å². The molecule has 6 rings (SSSR count). The minimum atomic E-state index is -1.24. The molecular formula is C32H20O8. The first-order valence-electron chi connectivity index (χ1n) is 12.0. The summed E-state index contributed by atoms with van der Waals surface area (Å²) in [7, 11) is 0. The minimum absolute atomic E-state index is 0.166. The van der Waals surface area contributed by atoms with Gasteiger partial charge in [-0.1, -0.05) is 60.7 Å². The van der Waals surface area contributed by atoms with Crippen molar-refractivity contribution in [3.05, 3.63) is 119 Å². The van der Waals surface area contributed by atoms with Gasteiger partial charge in [0.15, 0.2) is 0 Å². The van der Waals surface area contributed by atoms with Gasteiger partial charge in [-0.2, -0.15) is 0 Å². The fourth-order valence-electron chi connectivity index (χ4n) is 4.84. The van der Waals surface area contributed by atoms with E-state index in [4.69, 9.17) is 10.2 Å². The number of carbonyl (C=O) groups is 4. The molecule has 40 heavy (non-hydrogen) atoms. The zero-order valence-corrected chi connectivity index (χ0v) is 20.7. The molecule has 8 nitrogen and oxygen atoms in total. The molecule has 0 aliphatic carbocycles. The number of rotatable bonds is 4. The first-order valence-corrected chi connectivity index (χ1v) is 12.0. The predicted molar refractivity (Wildman–Crippen MR) is 151 cm³/mol. The molecule has 0 spiro atoms. The van der Waals surface area contributed by atoms with E-state index in [1.54, 1.807) is 24.3 Å². The van der Waals surface area contributed by atoms with Crippen molar-refractivity contribution in [2.75, 3.05) is 0 Å². The second-order valence-corrected chi connectivity index (χ2v) is 9.04. The van der Waals surface area contributed by atoms with E-state index < -0.39 is 23.9 Å². The summed E-state index contributed by atoms with van der Waals surface area (Å²) in [5.74, 6) is -4.94. The summed E-state index contributed by atoms with van der Waals surface area (Å²) < 4.78 is 0. The first kappa shape index (κ1) is 25.9. The van der Waals surface area contributed by atoms with Crippen LogP contribution in [0.2, 0.25) is 0 Å². The lowest BCUT2D eigenvalue weighted by atomic mass is 9.96. The Hall–Kier alpha value is -5.76. The molecule has 0 aliphatic rings. The highest BCUT2D eigenvalue weighted by Crippen LogP contribution is 2.29. The normalized spacial score (nSPS) is 10.8. The van der Waals surface area contributed by atoms with E-state index >= 15 is 0 Å². The highest BCUT2D eigenvalue weighted by molar-refractivity contribution is 6.15. The third kappa shape index (κ3) is 4.65. The number of hydrogen-bond donors (Lipinski definition) is 4. The van der Waals surface area contributed by atoms with Gasteiger partial charge in [0, 0.05) is 0 Å². The number of aromatic carboxylic acids is 4. The molecule has 0 bridgehead atoms. The summed E-state index contributed by atoms with van der Waals surface area (Å²) in [6.45, 7) is 0. The maximum Gasteiger partial charge on any atom is 0.337 e. The summed E-state index contributed by atoms with van der Waals surface area (Å²) in [6, 6.07) is 28.2. The van der Waals surface area contributed by atoms with Crippen LogP contribution in [0.3, 0.4) is 0 Å². The van der Waals surface area contributed by atoms with Crippen LogP contribution in [0.4, 0.5) is 0 Å². The number of hydrogen-bond acceptors (Lipinski definition) is 4. The van der Waals surface area contributed by atoms with E-state index in [1.807, 2.05) is 60.7 Å². The molecule has 0 heterocycles. The monoisotopic (exact) mass is 532 g/mol. The van der Waals surface area contributed by atoms with Crippen molar-refractivity contribution in [2.24, 2.45) is 0 Å². The van der Waals surface area contributed by atoms with E-state index in [0.29, 0.717) is 21.5 Å². The van der Waals surface area contributed by atoms with E-state index in [0.717, 1.165) is 21.5 Å². The molecule has 0 saturated carbocycles. The smallest absolute Gasteiger partial charge is 0.337 e. The van der Waals surface area contributed by atoms with Crippen molar-refractivity contribution in [3.8, 4) is 0 Å². The maximum atomic E-state index is 11.4. The third-order valence-electron chi connectivity index (χ3n) is 6.66. The van der Waals surface area contributed by atoms with Gasteiger partial charge in [0.1, 0.15) is 0 Å². The van der Waals surface area contributed by atoms with Crippen LogP contribution in [0, 0.1) is 0 Å². The molecule has 6 aromatic carbocycles. The lowest BCUT2D eigenvalue weighted by Crippen LogP contribution is -2.08. The van der Waals surface area contributed by atoms with Gasteiger partial charge in [-0.3, -0.25) is 0 Å². The molecule has 0 fully saturated rings. The highest BCUT2D eigenvalue weighted by atomic mass is 16.4. The SMILES string of the molecule is O=C(O)c1ccc2cc3ccccc3cc2c1C(=O)O.O=C(O)c1ccc2cc3ccccc3cc2c1C(=O)O. The molecule has 0 aromatic heterocycles. The molecule has 0 saturated heterocycles. The van der Waals surface area contributed by atoms with Gasteiger partial charge < -0.3 is 20.4 Å². The van der Waals surface area contributed by atoms with Gasteiger partial charge in [-0.15, -0.1) is 0 Å². The Morgan fingerprint density at radius 3 is 1.00 bits per heavy atom. The first-order chi connectivity index (χ1) is 19.2. The molecule has 0 radical (unpaired) electrons. The Labute approximate surface area is 226 Å². The van der Waals surface area contributed by atoms with Crippen LogP contribution >= 0.6 is 0 Å². The lowest BCUT2D eigenvalue weighted by Gasteiger charge is -2.08. The Kier molecular flexibility index (Phi) is 6.59. The fourth-order valence-corrected chi connectivity index (χ4v) is 4.84. The van der Waals surface area contributed by atoms with Crippen molar-refractivity contribution in [1.82, 2.24) is 0 Å². The van der Waals surface area contributed by atoms with Gasteiger partial charge in [0.2, 0.25) is 0 Å². The van der Waals surface area contributed by atoms with E-state index in [-0.39, 0.29) is 22.3 Å². The van der Waals surface area contributed by atoms with Crippen molar-refractivity contribution in [2.45, 2.75) is 0 Å². The second kappa shape index (κ2) is 10.2. The largest absolute Gasteiger partial charge is 0.478 e. The topological polar surface area (TPSA) is 149 Å². The van der Waals surface area contributed by atoms with Crippen molar-refractivity contribution < 1.29 is 39.6 Å². The van der Waals surface area contributed by atoms with Crippen LogP contribution in [-0.2, 0) is 0 Å².